The van der Waals surface area contributed by atoms with Crippen molar-refractivity contribution in [3.05, 3.63) is 65.7 Å². The zero-order chi connectivity index (χ0) is 23.7. The van der Waals surface area contributed by atoms with E-state index in [0.29, 0.717) is 6.54 Å². The first-order valence-corrected chi connectivity index (χ1v) is 12.3. The van der Waals surface area contributed by atoms with Crippen molar-refractivity contribution in [3.63, 3.8) is 0 Å². The Morgan fingerprint density at radius 2 is 1.59 bits per heavy atom. The van der Waals surface area contributed by atoms with E-state index < -0.39 is 22.0 Å². The quantitative estimate of drug-likeness (QED) is 0.584. The van der Waals surface area contributed by atoms with Gasteiger partial charge >= 0.3 is 6.09 Å². The van der Waals surface area contributed by atoms with Crippen LogP contribution in [0.5, 0.6) is 0 Å². The summed E-state index contributed by atoms with van der Waals surface area (Å²) in [5.41, 5.74) is 2.76. The number of likely N-dealkylation sites (N-methyl/N-ethyl adjacent to an activating group) is 1. The van der Waals surface area contributed by atoms with Gasteiger partial charge in [0.25, 0.3) is 0 Å². The van der Waals surface area contributed by atoms with Crippen molar-refractivity contribution in [1.29, 1.82) is 0 Å². The number of sulfone groups is 1. The fraction of sp³-hybridized carbons (Fsp3) is 0.391. The predicted molar refractivity (Wildman–Crippen MR) is 125 cm³/mol. The van der Waals surface area contributed by atoms with E-state index in [0.717, 1.165) is 23.1 Å². The molecule has 32 heavy (non-hydrogen) atoms. The van der Waals surface area contributed by atoms with Crippen molar-refractivity contribution >= 4 is 27.5 Å². The monoisotopic (exact) mass is 461 g/mol. The van der Waals surface area contributed by atoms with Gasteiger partial charge in [0.2, 0.25) is 5.91 Å². The van der Waals surface area contributed by atoms with Crippen molar-refractivity contribution in [2.24, 2.45) is 0 Å². The number of amides is 2. The number of nitrogens with one attached hydrogen (secondary N) is 1. The topological polar surface area (TPSA) is 96.0 Å². The summed E-state index contributed by atoms with van der Waals surface area (Å²) in [5.74, 6) is -0.615. The molecule has 0 aliphatic rings. The summed E-state index contributed by atoms with van der Waals surface area (Å²) in [6.45, 7) is 0.371. The molecule has 0 heterocycles. The van der Waals surface area contributed by atoms with Crippen molar-refractivity contribution in [3.8, 4) is 0 Å². The number of hydrogen-bond donors (Lipinski definition) is 1. The Kier molecular flexibility index (Phi) is 9.07. The highest BCUT2D eigenvalue weighted by Crippen LogP contribution is 2.14. The lowest BCUT2D eigenvalue weighted by molar-refractivity contribution is -0.132. The standard InChI is InChI=1S/C23H31N3O5S/c1-25(2)20-12-10-18(11-13-20)16-26(3)22(27)21(14-15-32(4,29)30)24-23(28)31-17-19-8-6-5-7-9-19/h5-13,21H,14-17H2,1-4H3,(H,24,28). The number of rotatable bonds is 10. The van der Waals surface area contributed by atoms with Gasteiger partial charge in [-0.15, -0.1) is 0 Å². The average Bonchev–Trinajstić information content (AvgIpc) is 2.75. The Morgan fingerprint density at radius 3 is 2.16 bits per heavy atom. The van der Waals surface area contributed by atoms with Crippen LogP contribution in [0.25, 0.3) is 0 Å². The van der Waals surface area contributed by atoms with Crippen LogP contribution >= 0.6 is 0 Å². The molecule has 0 spiro atoms. The molecule has 0 radical (unpaired) electrons. The lowest BCUT2D eigenvalue weighted by atomic mass is 10.1. The Morgan fingerprint density at radius 1 is 0.969 bits per heavy atom. The van der Waals surface area contributed by atoms with E-state index in [2.05, 4.69) is 5.32 Å². The van der Waals surface area contributed by atoms with Crippen LogP contribution in [0.3, 0.4) is 0 Å². The first-order valence-electron chi connectivity index (χ1n) is 10.2. The number of nitrogens with zero attached hydrogens (tertiary/aromatic N) is 2. The van der Waals surface area contributed by atoms with Crippen LogP contribution in [-0.2, 0) is 32.5 Å². The summed E-state index contributed by atoms with van der Waals surface area (Å²) in [5, 5.41) is 2.53. The van der Waals surface area contributed by atoms with Gasteiger partial charge in [-0.2, -0.15) is 0 Å². The molecular weight excluding hydrogens is 430 g/mol. The molecule has 2 amide bonds. The first kappa shape index (κ1) is 25.2. The van der Waals surface area contributed by atoms with Gasteiger partial charge in [-0.05, 0) is 29.7 Å². The first-order chi connectivity index (χ1) is 15.0. The van der Waals surface area contributed by atoms with Crippen LogP contribution in [0.4, 0.5) is 10.5 Å². The largest absolute Gasteiger partial charge is 0.445 e. The van der Waals surface area contributed by atoms with Gasteiger partial charge in [-0.1, -0.05) is 42.5 Å². The zero-order valence-electron chi connectivity index (χ0n) is 18.9. The minimum absolute atomic E-state index is 0.0397. The molecule has 174 valence electrons. The number of carbonyl (C=O) groups is 2. The normalized spacial score (nSPS) is 12.0. The van der Waals surface area contributed by atoms with Crippen molar-refractivity contribution in [2.75, 3.05) is 38.1 Å². The lowest BCUT2D eigenvalue weighted by Gasteiger charge is -2.24. The Bertz CT molecular complexity index is 992. The summed E-state index contributed by atoms with van der Waals surface area (Å²) >= 11 is 0. The van der Waals surface area contributed by atoms with E-state index in [1.165, 1.54) is 4.90 Å². The summed E-state index contributed by atoms with van der Waals surface area (Å²) in [4.78, 5) is 28.7. The molecule has 1 unspecified atom stereocenters. The fourth-order valence-corrected chi connectivity index (χ4v) is 3.68. The minimum Gasteiger partial charge on any atom is -0.445 e. The Labute approximate surface area is 190 Å². The highest BCUT2D eigenvalue weighted by atomic mass is 32.2. The summed E-state index contributed by atoms with van der Waals surface area (Å²) in [6, 6.07) is 15.9. The van der Waals surface area contributed by atoms with Crippen LogP contribution in [0.1, 0.15) is 17.5 Å². The maximum absolute atomic E-state index is 13.0. The molecule has 0 saturated heterocycles. The van der Waals surface area contributed by atoms with Crippen LogP contribution in [0.15, 0.2) is 54.6 Å². The van der Waals surface area contributed by atoms with Crippen LogP contribution in [0.2, 0.25) is 0 Å². The van der Waals surface area contributed by atoms with E-state index in [9.17, 15) is 18.0 Å². The molecule has 2 aromatic carbocycles. The number of hydrogen-bond acceptors (Lipinski definition) is 6. The van der Waals surface area contributed by atoms with Crippen LogP contribution in [-0.4, -0.2) is 64.5 Å². The van der Waals surface area contributed by atoms with Crippen molar-refractivity contribution < 1.29 is 22.7 Å². The maximum atomic E-state index is 13.0. The molecule has 2 rings (SSSR count). The van der Waals surface area contributed by atoms with Crippen LogP contribution < -0.4 is 10.2 Å². The smallest absolute Gasteiger partial charge is 0.408 e. The zero-order valence-corrected chi connectivity index (χ0v) is 19.8. The van der Waals surface area contributed by atoms with E-state index in [4.69, 9.17) is 4.74 Å². The van der Waals surface area contributed by atoms with Gasteiger partial charge in [0.05, 0.1) is 5.75 Å². The summed E-state index contributed by atoms with van der Waals surface area (Å²) in [6.07, 6.45) is 0.282. The van der Waals surface area contributed by atoms with Gasteiger partial charge in [0.15, 0.2) is 0 Å². The molecule has 0 bridgehead atoms. The predicted octanol–water partition coefficient (Wildman–Crippen LogP) is 2.44. The second-order valence-corrected chi connectivity index (χ2v) is 10.2. The Hall–Kier alpha value is -3.07. The number of carbonyl (C=O) groups excluding carboxylic acids is 2. The number of alkyl carbamates (subject to hydrolysis) is 1. The highest BCUT2D eigenvalue weighted by Gasteiger charge is 2.26. The van der Waals surface area contributed by atoms with Gasteiger partial charge < -0.3 is 19.9 Å². The molecule has 0 aliphatic heterocycles. The van der Waals surface area contributed by atoms with E-state index in [1.54, 1.807) is 7.05 Å². The third kappa shape index (κ3) is 8.58. The van der Waals surface area contributed by atoms with E-state index >= 15 is 0 Å². The second kappa shape index (κ2) is 11.5. The van der Waals surface area contributed by atoms with Gasteiger partial charge in [0.1, 0.15) is 22.5 Å². The van der Waals surface area contributed by atoms with Gasteiger partial charge in [-0.25, -0.2) is 13.2 Å². The Balaban J connectivity index is 2.02. The molecular formula is C23H31N3O5S. The molecule has 2 aromatic rings. The summed E-state index contributed by atoms with van der Waals surface area (Å²) in [7, 11) is 2.20. The molecule has 1 N–H and O–H groups in total. The van der Waals surface area contributed by atoms with Gasteiger partial charge in [-0.3, -0.25) is 4.79 Å². The number of benzene rings is 2. The van der Waals surface area contributed by atoms with E-state index in [1.807, 2.05) is 73.6 Å². The van der Waals surface area contributed by atoms with Crippen LogP contribution in [0, 0.1) is 0 Å². The minimum atomic E-state index is -3.31. The summed E-state index contributed by atoms with van der Waals surface area (Å²) < 4.78 is 28.5. The molecule has 9 heteroatoms. The molecule has 0 saturated carbocycles. The molecule has 0 aromatic heterocycles. The fourth-order valence-electron chi connectivity index (χ4n) is 3.01. The second-order valence-electron chi connectivity index (χ2n) is 7.93. The van der Waals surface area contributed by atoms with E-state index in [-0.39, 0.29) is 24.7 Å². The van der Waals surface area contributed by atoms with Crippen molar-refractivity contribution in [1.82, 2.24) is 10.2 Å². The molecule has 1 atom stereocenters. The van der Waals surface area contributed by atoms with Gasteiger partial charge in [0, 0.05) is 39.6 Å². The average molecular weight is 462 g/mol. The van der Waals surface area contributed by atoms with Crippen molar-refractivity contribution in [2.45, 2.75) is 25.6 Å². The third-order valence-electron chi connectivity index (χ3n) is 4.83. The molecule has 0 fully saturated rings. The highest BCUT2D eigenvalue weighted by molar-refractivity contribution is 7.90. The SMILES string of the molecule is CN(Cc1ccc(N(C)C)cc1)C(=O)C(CCS(C)(=O)=O)NC(=O)OCc1ccccc1. The molecule has 8 nitrogen and oxygen atoms in total. The third-order valence-corrected chi connectivity index (χ3v) is 5.81. The number of ether oxygens (including phenoxy) is 1. The maximum Gasteiger partial charge on any atom is 0.408 e. The number of anilines is 1. The lowest BCUT2D eigenvalue weighted by Crippen LogP contribution is -2.48. The molecule has 0 aliphatic carbocycles.